The van der Waals surface area contributed by atoms with E-state index in [1.54, 1.807) is 18.3 Å². The van der Waals surface area contributed by atoms with E-state index in [-0.39, 0.29) is 5.91 Å². The van der Waals surface area contributed by atoms with Crippen molar-refractivity contribution in [2.75, 3.05) is 13.7 Å². The molecule has 1 rings (SSSR count). The Morgan fingerprint density at radius 2 is 2.41 bits per heavy atom. The highest BCUT2D eigenvalue weighted by Gasteiger charge is 2.12. The fourth-order valence-electron chi connectivity index (χ4n) is 1.37. The number of nitrogens with one attached hydrogen (secondary N) is 1. The minimum absolute atomic E-state index is 0.147. The van der Waals surface area contributed by atoms with Gasteiger partial charge in [-0.3, -0.25) is 4.79 Å². The van der Waals surface area contributed by atoms with E-state index < -0.39 is 0 Å². The minimum atomic E-state index is -0.147. The number of pyridine rings is 1. The number of rotatable bonds is 6. The number of amides is 1. The molecular formula is C12H17BrN2O2. The Hall–Kier alpha value is -1.10. The molecule has 17 heavy (non-hydrogen) atoms. The summed E-state index contributed by atoms with van der Waals surface area (Å²) in [7, 11) is 1.50. The first-order valence-corrected chi connectivity index (χ1v) is 6.51. The molecule has 1 amide bonds. The van der Waals surface area contributed by atoms with Crippen LogP contribution in [-0.4, -0.2) is 29.4 Å². The Kier molecular flexibility index (Phi) is 5.97. The fourth-order valence-corrected chi connectivity index (χ4v) is 1.60. The van der Waals surface area contributed by atoms with Crippen LogP contribution in [0.4, 0.5) is 0 Å². The molecule has 0 bridgehead atoms. The van der Waals surface area contributed by atoms with Gasteiger partial charge in [-0.05, 0) is 25.0 Å². The first kappa shape index (κ1) is 14.0. The number of hydrogen-bond acceptors (Lipinski definition) is 3. The van der Waals surface area contributed by atoms with E-state index in [2.05, 4.69) is 33.2 Å². The van der Waals surface area contributed by atoms with Gasteiger partial charge in [0.2, 0.25) is 5.88 Å². The number of methoxy groups -OCH3 is 1. The van der Waals surface area contributed by atoms with Crippen LogP contribution in [-0.2, 0) is 0 Å². The van der Waals surface area contributed by atoms with E-state index in [0.29, 0.717) is 22.8 Å². The molecule has 1 aromatic heterocycles. The monoisotopic (exact) mass is 300 g/mol. The number of aromatic nitrogens is 1. The van der Waals surface area contributed by atoms with Crippen molar-refractivity contribution in [3.05, 3.63) is 23.9 Å². The minimum Gasteiger partial charge on any atom is -0.480 e. The number of carbonyl (C=O) groups excluding carboxylic acids is 1. The maximum absolute atomic E-state index is 11.8. The molecule has 1 unspecified atom stereocenters. The van der Waals surface area contributed by atoms with Crippen LogP contribution in [0.3, 0.4) is 0 Å². The van der Waals surface area contributed by atoms with Crippen LogP contribution in [0, 0.1) is 0 Å². The van der Waals surface area contributed by atoms with E-state index in [9.17, 15) is 4.79 Å². The van der Waals surface area contributed by atoms with Gasteiger partial charge in [-0.2, -0.15) is 0 Å². The Morgan fingerprint density at radius 1 is 1.65 bits per heavy atom. The molecule has 0 saturated heterocycles. The van der Waals surface area contributed by atoms with Gasteiger partial charge >= 0.3 is 0 Å². The van der Waals surface area contributed by atoms with Gasteiger partial charge in [0.05, 0.1) is 7.11 Å². The van der Waals surface area contributed by atoms with Crippen LogP contribution < -0.4 is 10.1 Å². The molecule has 1 atom stereocenters. The first-order valence-electron chi connectivity index (χ1n) is 5.60. The highest BCUT2D eigenvalue weighted by molar-refractivity contribution is 9.09. The van der Waals surface area contributed by atoms with Crippen molar-refractivity contribution < 1.29 is 9.53 Å². The molecule has 1 heterocycles. The van der Waals surface area contributed by atoms with Crippen LogP contribution >= 0.6 is 15.9 Å². The summed E-state index contributed by atoms with van der Waals surface area (Å²) in [5.74, 6) is 0.210. The Bertz CT molecular complexity index is 371. The molecule has 0 spiro atoms. The van der Waals surface area contributed by atoms with Gasteiger partial charge in [-0.1, -0.05) is 22.9 Å². The van der Waals surface area contributed by atoms with Crippen molar-refractivity contribution in [1.29, 1.82) is 0 Å². The molecule has 4 nitrogen and oxygen atoms in total. The quantitative estimate of drug-likeness (QED) is 0.821. The van der Waals surface area contributed by atoms with Gasteiger partial charge in [-0.25, -0.2) is 4.98 Å². The van der Waals surface area contributed by atoms with Crippen LogP contribution in [0.1, 0.15) is 30.1 Å². The molecule has 1 aromatic rings. The van der Waals surface area contributed by atoms with Crippen molar-refractivity contribution in [1.82, 2.24) is 10.3 Å². The van der Waals surface area contributed by atoms with E-state index >= 15 is 0 Å². The largest absolute Gasteiger partial charge is 0.480 e. The molecule has 1 N–H and O–H groups in total. The van der Waals surface area contributed by atoms with Crippen molar-refractivity contribution >= 4 is 21.8 Å². The molecule has 5 heteroatoms. The normalized spacial score (nSPS) is 11.9. The van der Waals surface area contributed by atoms with Crippen molar-refractivity contribution in [2.45, 2.75) is 24.6 Å². The second-order valence-corrected chi connectivity index (χ2v) is 4.91. The number of nitrogens with zero attached hydrogens (tertiary/aromatic N) is 1. The zero-order valence-electron chi connectivity index (χ0n) is 10.1. The number of halogens is 1. The summed E-state index contributed by atoms with van der Waals surface area (Å²) in [6.07, 6.45) is 3.55. The highest BCUT2D eigenvalue weighted by Crippen LogP contribution is 2.13. The van der Waals surface area contributed by atoms with Crippen LogP contribution in [0.2, 0.25) is 0 Å². The number of carbonyl (C=O) groups is 1. The van der Waals surface area contributed by atoms with E-state index in [1.807, 2.05) is 0 Å². The lowest BCUT2D eigenvalue weighted by molar-refractivity contribution is 0.0949. The van der Waals surface area contributed by atoms with Gasteiger partial charge in [0.15, 0.2) is 0 Å². The fraction of sp³-hybridized carbons (Fsp3) is 0.500. The summed E-state index contributed by atoms with van der Waals surface area (Å²) in [6, 6.07) is 3.42. The van der Waals surface area contributed by atoms with Crippen molar-refractivity contribution in [3.8, 4) is 5.88 Å². The summed E-state index contributed by atoms with van der Waals surface area (Å²) < 4.78 is 5.03. The Morgan fingerprint density at radius 3 is 3.06 bits per heavy atom. The zero-order valence-corrected chi connectivity index (χ0v) is 11.7. The maximum atomic E-state index is 11.8. The number of alkyl halides is 1. The second-order valence-electron chi connectivity index (χ2n) is 3.61. The maximum Gasteiger partial charge on any atom is 0.256 e. The summed E-state index contributed by atoms with van der Waals surface area (Å²) >= 11 is 3.52. The number of ether oxygens (including phenoxy) is 1. The van der Waals surface area contributed by atoms with E-state index in [0.717, 1.165) is 12.8 Å². The summed E-state index contributed by atoms with van der Waals surface area (Å²) in [5.41, 5.74) is 0.470. The standard InChI is InChI=1S/C12H17BrN2O2/c1-3-9(13)6-8-14-11(16)10-5-4-7-15-12(10)17-2/h4-5,7,9H,3,6,8H2,1-2H3,(H,14,16). The lowest BCUT2D eigenvalue weighted by Crippen LogP contribution is -2.26. The van der Waals surface area contributed by atoms with Gasteiger partial charge in [0, 0.05) is 17.6 Å². The molecule has 0 aromatic carbocycles. The van der Waals surface area contributed by atoms with Gasteiger partial charge < -0.3 is 10.1 Å². The topological polar surface area (TPSA) is 51.2 Å². The van der Waals surface area contributed by atoms with Crippen LogP contribution in [0.5, 0.6) is 5.88 Å². The second kappa shape index (κ2) is 7.27. The van der Waals surface area contributed by atoms with Gasteiger partial charge in [-0.15, -0.1) is 0 Å². The SMILES string of the molecule is CCC(Br)CCNC(=O)c1cccnc1OC. The molecule has 0 aliphatic heterocycles. The number of hydrogen-bond donors (Lipinski definition) is 1. The third-order valence-electron chi connectivity index (χ3n) is 2.40. The molecule has 94 valence electrons. The lowest BCUT2D eigenvalue weighted by atomic mass is 10.2. The Labute approximate surface area is 110 Å². The third kappa shape index (κ3) is 4.34. The molecule has 0 saturated carbocycles. The van der Waals surface area contributed by atoms with Gasteiger partial charge in [0.25, 0.3) is 5.91 Å². The third-order valence-corrected chi connectivity index (χ3v) is 3.50. The predicted molar refractivity (Wildman–Crippen MR) is 70.7 cm³/mol. The van der Waals surface area contributed by atoms with Crippen molar-refractivity contribution in [3.63, 3.8) is 0 Å². The molecule has 0 radical (unpaired) electrons. The smallest absolute Gasteiger partial charge is 0.256 e. The summed E-state index contributed by atoms with van der Waals surface area (Å²) in [5, 5.41) is 2.85. The van der Waals surface area contributed by atoms with Crippen LogP contribution in [0.15, 0.2) is 18.3 Å². The Balaban J connectivity index is 2.52. The first-order chi connectivity index (χ1) is 8.19. The van der Waals surface area contributed by atoms with E-state index in [1.165, 1.54) is 7.11 Å². The van der Waals surface area contributed by atoms with Crippen LogP contribution in [0.25, 0.3) is 0 Å². The van der Waals surface area contributed by atoms with E-state index in [4.69, 9.17) is 4.74 Å². The molecule has 0 aliphatic rings. The zero-order chi connectivity index (χ0) is 12.7. The lowest BCUT2D eigenvalue weighted by Gasteiger charge is -2.09. The molecular weight excluding hydrogens is 284 g/mol. The molecule has 0 fully saturated rings. The van der Waals surface area contributed by atoms with Gasteiger partial charge in [0.1, 0.15) is 5.56 Å². The molecule has 0 aliphatic carbocycles. The highest BCUT2D eigenvalue weighted by atomic mass is 79.9. The average Bonchev–Trinajstić information content (AvgIpc) is 2.38. The average molecular weight is 301 g/mol. The predicted octanol–water partition coefficient (Wildman–Crippen LogP) is 2.38. The summed E-state index contributed by atoms with van der Waals surface area (Å²) in [4.78, 5) is 16.3. The van der Waals surface area contributed by atoms with Crippen molar-refractivity contribution in [2.24, 2.45) is 0 Å². The summed E-state index contributed by atoms with van der Waals surface area (Å²) in [6.45, 7) is 2.74.